The first-order chi connectivity index (χ1) is 17.5. The molecular formula is C26H30N4O5S. The number of aromatic nitrogens is 2. The van der Waals surface area contributed by atoms with E-state index in [-0.39, 0.29) is 35.7 Å². The van der Waals surface area contributed by atoms with Crippen LogP contribution in [0.25, 0.3) is 10.9 Å². The highest BCUT2D eigenvalue weighted by molar-refractivity contribution is 7.99. The highest BCUT2D eigenvalue weighted by Crippen LogP contribution is 2.20. The zero-order chi connectivity index (χ0) is 25.3. The molecule has 1 atom stereocenters. The molecule has 190 valence electrons. The standard InChI is InChI=1S/C26H30N4O5S/c1-34-19-8-4-7-18(15-19)28-24(32)17-36-26-29-22-11-3-2-10-21(22)25(33)30(26)13-5-12-23(31)27-16-20-9-6-14-35-20/h2-4,7-8,10-11,15,20H,5-6,9,12-14,16-17H2,1H3,(H,27,31)(H,28,32)/t20-/m1/s1. The van der Waals surface area contributed by atoms with Gasteiger partial charge in [0.1, 0.15) is 5.75 Å². The van der Waals surface area contributed by atoms with Crippen LogP contribution in [0.1, 0.15) is 25.7 Å². The highest BCUT2D eigenvalue weighted by atomic mass is 32.2. The molecule has 1 fully saturated rings. The van der Waals surface area contributed by atoms with Crippen LogP contribution in [0.5, 0.6) is 5.75 Å². The van der Waals surface area contributed by atoms with Crippen molar-refractivity contribution in [3.8, 4) is 5.75 Å². The first kappa shape index (κ1) is 25.7. The summed E-state index contributed by atoms with van der Waals surface area (Å²) < 4.78 is 12.3. The van der Waals surface area contributed by atoms with Gasteiger partial charge in [-0.05, 0) is 43.5 Å². The largest absolute Gasteiger partial charge is 0.497 e. The predicted molar refractivity (Wildman–Crippen MR) is 140 cm³/mol. The Kier molecular flexibility index (Phi) is 8.96. The monoisotopic (exact) mass is 510 g/mol. The van der Waals surface area contributed by atoms with Crippen molar-refractivity contribution in [2.75, 3.05) is 31.3 Å². The molecule has 1 saturated heterocycles. The van der Waals surface area contributed by atoms with Crippen molar-refractivity contribution in [3.05, 3.63) is 58.9 Å². The molecule has 0 spiro atoms. The zero-order valence-electron chi connectivity index (χ0n) is 20.2. The van der Waals surface area contributed by atoms with Crippen LogP contribution < -0.4 is 20.9 Å². The number of nitrogens with one attached hydrogen (secondary N) is 2. The summed E-state index contributed by atoms with van der Waals surface area (Å²) in [6.07, 6.45) is 2.83. The van der Waals surface area contributed by atoms with Crippen molar-refractivity contribution < 1.29 is 19.1 Å². The molecule has 2 heterocycles. The lowest BCUT2D eigenvalue weighted by atomic mass is 10.2. The van der Waals surface area contributed by atoms with Crippen LogP contribution in [0.3, 0.4) is 0 Å². The molecule has 3 aromatic rings. The Morgan fingerprint density at radius 3 is 2.86 bits per heavy atom. The Bertz CT molecular complexity index is 1270. The summed E-state index contributed by atoms with van der Waals surface area (Å²) >= 11 is 1.19. The fourth-order valence-corrected chi connectivity index (χ4v) is 4.83. The van der Waals surface area contributed by atoms with E-state index in [1.807, 2.05) is 6.07 Å². The molecule has 0 unspecified atom stereocenters. The van der Waals surface area contributed by atoms with Gasteiger partial charge in [-0.15, -0.1) is 0 Å². The lowest BCUT2D eigenvalue weighted by Gasteiger charge is -2.14. The molecule has 0 aliphatic carbocycles. The van der Waals surface area contributed by atoms with Crippen LogP contribution in [0.4, 0.5) is 5.69 Å². The van der Waals surface area contributed by atoms with Gasteiger partial charge in [-0.3, -0.25) is 19.0 Å². The van der Waals surface area contributed by atoms with Crippen LogP contribution >= 0.6 is 11.8 Å². The van der Waals surface area contributed by atoms with Gasteiger partial charge in [-0.1, -0.05) is 30.0 Å². The summed E-state index contributed by atoms with van der Waals surface area (Å²) in [5, 5.41) is 6.69. The van der Waals surface area contributed by atoms with E-state index in [1.165, 1.54) is 11.8 Å². The minimum atomic E-state index is -0.226. The molecule has 1 aliphatic heterocycles. The van der Waals surface area contributed by atoms with Crippen LogP contribution in [0, 0.1) is 0 Å². The first-order valence-electron chi connectivity index (χ1n) is 12.0. The Hall–Kier alpha value is -3.37. The number of carbonyl (C=O) groups excluding carboxylic acids is 2. The third-order valence-electron chi connectivity index (χ3n) is 5.85. The van der Waals surface area contributed by atoms with Crippen LogP contribution in [-0.2, 0) is 20.9 Å². The second-order valence-corrected chi connectivity index (χ2v) is 9.42. The van der Waals surface area contributed by atoms with Gasteiger partial charge in [0, 0.05) is 37.9 Å². The minimum Gasteiger partial charge on any atom is -0.497 e. The van der Waals surface area contributed by atoms with Gasteiger partial charge in [0.15, 0.2) is 5.16 Å². The maximum atomic E-state index is 13.2. The number of nitrogens with zero attached hydrogens (tertiary/aromatic N) is 2. The van der Waals surface area contributed by atoms with Crippen LogP contribution in [0.15, 0.2) is 58.5 Å². The number of hydrogen-bond donors (Lipinski definition) is 2. The summed E-state index contributed by atoms with van der Waals surface area (Å²) in [5.41, 5.74) is 1.01. The summed E-state index contributed by atoms with van der Waals surface area (Å²) in [6.45, 7) is 1.58. The van der Waals surface area contributed by atoms with E-state index < -0.39 is 0 Å². The van der Waals surface area contributed by atoms with Gasteiger partial charge in [-0.25, -0.2) is 4.98 Å². The zero-order valence-corrected chi connectivity index (χ0v) is 21.0. The number of anilines is 1. The highest BCUT2D eigenvalue weighted by Gasteiger charge is 2.17. The summed E-state index contributed by atoms with van der Waals surface area (Å²) in [5.74, 6) is 0.421. The number of ether oxygens (including phenoxy) is 2. The second-order valence-electron chi connectivity index (χ2n) is 8.48. The molecule has 2 N–H and O–H groups in total. The fourth-order valence-electron chi connectivity index (χ4n) is 4.00. The molecule has 0 saturated carbocycles. The van der Waals surface area contributed by atoms with E-state index in [0.29, 0.717) is 47.0 Å². The van der Waals surface area contributed by atoms with Gasteiger partial charge >= 0.3 is 0 Å². The van der Waals surface area contributed by atoms with E-state index in [9.17, 15) is 14.4 Å². The van der Waals surface area contributed by atoms with Crippen LogP contribution in [-0.4, -0.2) is 53.5 Å². The number of methoxy groups -OCH3 is 1. The maximum Gasteiger partial charge on any atom is 0.262 e. The van der Waals surface area contributed by atoms with Gasteiger partial charge in [0.05, 0.1) is 29.9 Å². The molecule has 36 heavy (non-hydrogen) atoms. The third-order valence-corrected chi connectivity index (χ3v) is 6.83. The normalized spacial score (nSPS) is 15.1. The molecule has 9 nitrogen and oxygen atoms in total. The SMILES string of the molecule is COc1cccc(NC(=O)CSc2nc3ccccc3c(=O)n2CCCC(=O)NC[C@H]2CCCO2)c1. The average molecular weight is 511 g/mol. The van der Waals surface area contributed by atoms with Crippen molar-refractivity contribution in [2.45, 2.75) is 43.5 Å². The Morgan fingerprint density at radius 2 is 2.06 bits per heavy atom. The molecule has 2 aromatic carbocycles. The van der Waals surface area contributed by atoms with Gasteiger partial charge in [0.2, 0.25) is 11.8 Å². The van der Waals surface area contributed by atoms with Crippen molar-refractivity contribution in [3.63, 3.8) is 0 Å². The third kappa shape index (κ3) is 6.86. The summed E-state index contributed by atoms with van der Waals surface area (Å²) in [4.78, 5) is 42.7. The molecule has 1 aromatic heterocycles. The molecule has 0 radical (unpaired) electrons. The molecule has 4 rings (SSSR count). The van der Waals surface area contributed by atoms with Gasteiger partial charge in [-0.2, -0.15) is 0 Å². The van der Waals surface area contributed by atoms with Gasteiger partial charge in [0.25, 0.3) is 5.56 Å². The van der Waals surface area contributed by atoms with E-state index in [4.69, 9.17) is 9.47 Å². The van der Waals surface area contributed by atoms with E-state index in [0.717, 1.165) is 19.4 Å². The topological polar surface area (TPSA) is 112 Å². The van der Waals surface area contributed by atoms with Crippen molar-refractivity contribution in [2.24, 2.45) is 0 Å². The Morgan fingerprint density at radius 1 is 1.19 bits per heavy atom. The quantitative estimate of drug-likeness (QED) is 0.301. The average Bonchev–Trinajstić information content (AvgIpc) is 3.42. The number of benzene rings is 2. The Balaban J connectivity index is 1.40. The fraction of sp³-hybridized carbons (Fsp3) is 0.385. The molecule has 10 heteroatoms. The van der Waals surface area contributed by atoms with E-state index in [1.54, 1.807) is 54.1 Å². The molecule has 1 aliphatic rings. The minimum absolute atomic E-state index is 0.0702. The lowest BCUT2D eigenvalue weighted by Crippen LogP contribution is -2.32. The predicted octanol–water partition coefficient (Wildman–Crippen LogP) is 3.21. The number of amides is 2. The molecule has 0 bridgehead atoms. The first-order valence-corrected chi connectivity index (χ1v) is 13.0. The molecular weight excluding hydrogens is 480 g/mol. The number of thioether (sulfide) groups is 1. The van der Waals surface area contributed by atoms with Crippen molar-refractivity contribution in [1.82, 2.24) is 14.9 Å². The number of fused-ring (bicyclic) bond motifs is 1. The van der Waals surface area contributed by atoms with E-state index >= 15 is 0 Å². The van der Waals surface area contributed by atoms with Crippen molar-refractivity contribution in [1.29, 1.82) is 0 Å². The van der Waals surface area contributed by atoms with Gasteiger partial charge < -0.3 is 20.1 Å². The summed E-state index contributed by atoms with van der Waals surface area (Å²) in [6, 6.07) is 14.2. The van der Waals surface area contributed by atoms with Crippen LogP contribution in [0.2, 0.25) is 0 Å². The van der Waals surface area contributed by atoms with E-state index in [2.05, 4.69) is 15.6 Å². The molecule has 2 amide bonds. The Labute approximate surface area is 213 Å². The smallest absolute Gasteiger partial charge is 0.262 e. The maximum absolute atomic E-state index is 13.2. The number of rotatable bonds is 11. The second kappa shape index (κ2) is 12.5. The van der Waals surface area contributed by atoms with Crippen molar-refractivity contribution >= 4 is 40.2 Å². The lowest BCUT2D eigenvalue weighted by molar-refractivity contribution is -0.121. The summed E-state index contributed by atoms with van der Waals surface area (Å²) in [7, 11) is 1.56. The number of carbonyl (C=O) groups is 2. The number of para-hydroxylation sites is 1. The number of hydrogen-bond acceptors (Lipinski definition) is 7.